The van der Waals surface area contributed by atoms with Crippen LogP contribution in [0.2, 0.25) is 0 Å². The van der Waals surface area contributed by atoms with Crippen molar-refractivity contribution < 1.29 is 23.2 Å². The number of piperazine rings is 1. The van der Waals surface area contributed by atoms with Gasteiger partial charge in [-0.05, 0) is 32.0 Å². The predicted molar refractivity (Wildman–Crippen MR) is 64.6 cm³/mol. The van der Waals surface area contributed by atoms with Crippen molar-refractivity contribution in [2.75, 3.05) is 6.54 Å². The Morgan fingerprint density at radius 2 is 1.90 bits per heavy atom. The summed E-state index contributed by atoms with van der Waals surface area (Å²) in [7, 11) is 0. The molecule has 106 valence electrons. The van der Waals surface area contributed by atoms with Gasteiger partial charge < -0.3 is 4.90 Å². The van der Waals surface area contributed by atoms with Crippen LogP contribution in [0.3, 0.4) is 0 Å². The number of carbonyl (C=O) groups excluding carboxylic acids is 3. The van der Waals surface area contributed by atoms with Crippen LogP contribution in [0.1, 0.15) is 24.2 Å². The molecular formula is C13H12F2N2O3. The highest BCUT2D eigenvalue weighted by Gasteiger charge is 2.43. The van der Waals surface area contributed by atoms with E-state index in [-0.39, 0.29) is 12.1 Å². The summed E-state index contributed by atoms with van der Waals surface area (Å²) < 4.78 is 26.0. The van der Waals surface area contributed by atoms with Crippen molar-refractivity contribution in [3.05, 3.63) is 35.4 Å². The van der Waals surface area contributed by atoms with Gasteiger partial charge in [0.2, 0.25) is 5.91 Å². The van der Waals surface area contributed by atoms with Crippen LogP contribution in [0.15, 0.2) is 18.2 Å². The number of nitrogens with zero attached hydrogens (tertiary/aromatic N) is 1. The second-order valence-corrected chi connectivity index (χ2v) is 4.96. The van der Waals surface area contributed by atoms with E-state index in [1.807, 2.05) is 0 Å². The molecule has 1 saturated heterocycles. The molecule has 1 aliphatic rings. The summed E-state index contributed by atoms with van der Waals surface area (Å²) in [6, 6.07) is 2.67. The lowest BCUT2D eigenvalue weighted by molar-refractivity contribution is -0.143. The molecule has 0 radical (unpaired) electrons. The van der Waals surface area contributed by atoms with Crippen molar-refractivity contribution in [2.24, 2.45) is 0 Å². The fraction of sp³-hybridized carbons (Fsp3) is 0.308. The molecule has 0 saturated carbocycles. The van der Waals surface area contributed by atoms with Gasteiger partial charge in [-0.15, -0.1) is 0 Å². The Morgan fingerprint density at radius 1 is 1.25 bits per heavy atom. The van der Waals surface area contributed by atoms with E-state index in [2.05, 4.69) is 5.32 Å². The van der Waals surface area contributed by atoms with Crippen molar-refractivity contribution >= 4 is 17.7 Å². The molecule has 1 aromatic rings. The maximum Gasteiger partial charge on any atom is 0.255 e. The van der Waals surface area contributed by atoms with Gasteiger partial charge in [0.05, 0.1) is 0 Å². The van der Waals surface area contributed by atoms with Crippen LogP contribution in [0, 0.1) is 11.6 Å². The molecule has 1 N–H and O–H groups in total. The first-order valence-electron chi connectivity index (χ1n) is 5.85. The number of halogens is 2. The zero-order chi connectivity index (χ0) is 15.1. The van der Waals surface area contributed by atoms with Gasteiger partial charge in [-0.1, -0.05) is 0 Å². The van der Waals surface area contributed by atoms with Crippen molar-refractivity contribution in [3.8, 4) is 0 Å². The van der Waals surface area contributed by atoms with Crippen LogP contribution >= 0.6 is 0 Å². The zero-order valence-electron chi connectivity index (χ0n) is 10.9. The summed E-state index contributed by atoms with van der Waals surface area (Å²) in [5.41, 5.74) is -1.38. The minimum Gasteiger partial charge on any atom is -0.315 e. The average molecular weight is 282 g/mol. The number of benzene rings is 1. The monoisotopic (exact) mass is 282 g/mol. The Morgan fingerprint density at radius 3 is 2.50 bits per heavy atom. The van der Waals surface area contributed by atoms with Crippen LogP contribution in [0.25, 0.3) is 0 Å². The van der Waals surface area contributed by atoms with Crippen LogP contribution in [-0.2, 0) is 9.59 Å². The second-order valence-electron chi connectivity index (χ2n) is 4.96. The van der Waals surface area contributed by atoms with E-state index in [0.29, 0.717) is 0 Å². The van der Waals surface area contributed by atoms with Crippen LogP contribution in [0.4, 0.5) is 8.78 Å². The maximum atomic E-state index is 13.2. The molecule has 3 amide bonds. The van der Waals surface area contributed by atoms with Crippen molar-refractivity contribution in [3.63, 3.8) is 0 Å². The molecule has 1 heterocycles. The van der Waals surface area contributed by atoms with Crippen LogP contribution in [-0.4, -0.2) is 34.7 Å². The zero-order valence-corrected chi connectivity index (χ0v) is 10.9. The summed E-state index contributed by atoms with van der Waals surface area (Å²) in [5.74, 6) is -4.19. The third-order valence-electron chi connectivity index (χ3n) is 3.20. The van der Waals surface area contributed by atoms with E-state index >= 15 is 0 Å². The van der Waals surface area contributed by atoms with Crippen molar-refractivity contribution in [1.29, 1.82) is 0 Å². The number of imide groups is 1. The van der Waals surface area contributed by atoms with Crippen molar-refractivity contribution in [2.45, 2.75) is 19.4 Å². The Hall–Kier alpha value is -2.31. The molecule has 5 nitrogen and oxygen atoms in total. The number of hydrogen-bond acceptors (Lipinski definition) is 3. The first kappa shape index (κ1) is 14.1. The topological polar surface area (TPSA) is 66.5 Å². The lowest BCUT2D eigenvalue weighted by Crippen LogP contribution is -2.65. The SMILES string of the molecule is CC1(C)C(=O)NC(=O)CN1C(=O)c1ccc(F)c(F)c1. The van der Waals surface area contributed by atoms with Gasteiger partial charge in [0.25, 0.3) is 11.8 Å². The maximum absolute atomic E-state index is 13.2. The first-order valence-corrected chi connectivity index (χ1v) is 5.85. The van der Waals surface area contributed by atoms with E-state index in [0.717, 1.165) is 23.1 Å². The van der Waals surface area contributed by atoms with E-state index < -0.39 is 34.9 Å². The lowest BCUT2D eigenvalue weighted by Gasteiger charge is -2.40. The molecule has 1 fully saturated rings. The number of hydrogen-bond donors (Lipinski definition) is 1. The highest BCUT2D eigenvalue weighted by Crippen LogP contribution is 2.21. The number of rotatable bonds is 1. The minimum absolute atomic E-state index is 0.125. The molecule has 0 unspecified atom stereocenters. The van der Waals surface area contributed by atoms with Crippen molar-refractivity contribution in [1.82, 2.24) is 10.2 Å². The minimum atomic E-state index is -1.25. The Balaban J connectivity index is 2.38. The van der Waals surface area contributed by atoms with E-state index in [9.17, 15) is 23.2 Å². The highest BCUT2D eigenvalue weighted by atomic mass is 19.2. The van der Waals surface area contributed by atoms with Gasteiger partial charge in [-0.2, -0.15) is 0 Å². The second kappa shape index (κ2) is 4.66. The largest absolute Gasteiger partial charge is 0.315 e. The van der Waals surface area contributed by atoms with Gasteiger partial charge >= 0.3 is 0 Å². The molecule has 0 bridgehead atoms. The van der Waals surface area contributed by atoms with Crippen LogP contribution in [0.5, 0.6) is 0 Å². The fourth-order valence-corrected chi connectivity index (χ4v) is 1.89. The molecule has 2 rings (SSSR count). The molecule has 0 aliphatic carbocycles. The summed E-state index contributed by atoms with van der Waals surface area (Å²) in [6.07, 6.45) is 0. The summed E-state index contributed by atoms with van der Waals surface area (Å²) in [4.78, 5) is 36.4. The molecular weight excluding hydrogens is 270 g/mol. The third-order valence-corrected chi connectivity index (χ3v) is 3.20. The van der Waals surface area contributed by atoms with Gasteiger partial charge in [0, 0.05) is 5.56 Å². The van der Waals surface area contributed by atoms with Gasteiger partial charge in [0.1, 0.15) is 12.1 Å². The third kappa shape index (κ3) is 2.26. The summed E-state index contributed by atoms with van der Waals surface area (Å²) >= 11 is 0. The fourth-order valence-electron chi connectivity index (χ4n) is 1.89. The van der Waals surface area contributed by atoms with Gasteiger partial charge in [-0.25, -0.2) is 8.78 Å². The summed E-state index contributed by atoms with van der Waals surface area (Å²) in [6.45, 7) is 2.61. The standard InChI is InChI=1S/C13H12F2N2O3/c1-13(2)12(20)16-10(18)6-17(13)11(19)7-3-4-8(14)9(15)5-7/h3-5H,6H2,1-2H3,(H,16,18,20). The van der Waals surface area contributed by atoms with E-state index in [4.69, 9.17) is 0 Å². The molecule has 0 atom stereocenters. The molecule has 0 aromatic heterocycles. The quantitative estimate of drug-likeness (QED) is 0.776. The summed E-state index contributed by atoms with van der Waals surface area (Å²) in [5, 5.41) is 2.12. The molecule has 0 spiro atoms. The highest BCUT2D eigenvalue weighted by molar-refractivity contribution is 6.08. The Kier molecular flexibility index (Phi) is 3.29. The number of amides is 3. The lowest BCUT2D eigenvalue weighted by atomic mass is 9.97. The Bertz CT molecular complexity index is 614. The van der Waals surface area contributed by atoms with Gasteiger partial charge in [-0.3, -0.25) is 19.7 Å². The average Bonchev–Trinajstić information content (AvgIpc) is 2.36. The van der Waals surface area contributed by atoms with Crippen LogP contribution < -0.4 is 5.32 Å². The van der Waals surface area contributed by atoms with E-state index in [1.165, 1.54) is 13.8 Å². The number of carbonyl (C=O) groups is 3. The predicted octanol–water partition coefficient (Wildman–Crippen LogP) is 0.842. The number of nitrogens with one attached hydrogen (secondary N) is 1. The molecule has 7 heteroatoms. The normalized spacial score (nSPS) is 17.9. The molecule has 1 aliphatic heterocycles. The first-order chi connectivity index (χ1) is 9.23. The smallest absolute Gasteiger partial charge is 0.255 e. The molecule has 20 heavy (non-hydrogen) atoms. The van der Waals surface area contributed by atoms with E-state index in [1.54, 1.807) is 0 Å². The molecule has 1 aromatic carbocycles. The Labute approximate surface area is 113 Å². The van der Waals surface area contributed by atoms with Gasteiger partial charge in [0.15, 0.2) is 11.6 Å².